The maximum Gasteiger partial charge on any atom is 0.336 e. The Bertz CT molecular complexity index is 646. The molecule has 1 unspecified atom stereocenters. The monoisotopic (exact) mass is 262 g/mol. The first-order valence-electron chi connectivity index (χ1n) is 6.47. The third kappa shape index (κ3) is 3.03. The van der Waals surface area contributed by atoms with Gasteiger partial charge in [0.1, 0.15) is 18.7 Å². The lowest BCUT2D eigenvalue weighted by molar-refractivity contribution is -0.893. The molecule has 102 valence electrons. The Morgan fingerprint density at radius 3 is 2.68 bits per heavy atom. The Morgan fingerprint density at radius 1 is 1.26 bits per heavy atom. The molecule has 0 fully saturated rings. The van der Waals surface area contributed by atoms with Gasteiger partial charge in [-0.05, 0) is 31.0 Å². The van der Waals surface area contributed by atoms with E-state index in [9.17, 15) is 4.79 Å². The van der Waals surface area contributed by atoms with Crippen LogP contribution in [0.25, 0.3) is 11.0 Å². The van der Waals surface area contributed by atoms with Crippen LogP contribution in [0, 0.1) is 13.8 Å². The number of likely N-dealkylation sites (N-methyl/N-ethyl adjacent to an activating group) is 1. The molecule has 0 radical (unpaired) electrons. The number of hydrogen-bond donors (Lipinski definition) is 2. The van der Waals surface area contributed by atoms with E-state index in [-0.39, 0.29) is 12.2 Å². The minimum absolute atomic E-state index is 0.142. The first kappa shape index (κ1) is 13.8. The summed E-state index contributed by atoms with van der Waals surface area (Å²) in [5.74, 6) is 0. The summed E-state index contributed by atoms with van der Waals surface area (Å²) in [6.07, 6.45) is 0. The second-order valence-corrected chi connectivity index (χ2v) is 5.16. The fraction of sp³-hybridized carbons (Fsp3) is 0.400. The zero-order valence-corrected chi connectivity index (χ0v) is 11.6. The Balaban J connectivity index is 2.56. The lowest BCUT2D eigenvalue weighted by atomic mass is 10.0. The van der Waals surface area contributed by atoms with Crippen LogP contribution in [-0.4, -0.2) is 25.3 Å². The van der Waals surface area contributed by atoms with Gasteiger partial charge < -0.3 is 14.4 Å². The summed E-state index contributed by atoms with van der Waals surface area (Å²) in [7, 11) is 2.00. The summed E-state index contributed by atoms with van der Waals surface area (Å²) in [5.41, 5.74) is 3.47. The fourth-order valence-corrected chi connectivity index (χ4v) is 2.43. The van der Waals surface area contributed by atoms with Crippen LogP contribution in [0.3, 0.4) is 0 Å². The number of hydrogen-bond acceptors (Lipinski definition) is 3. The van der Waals surface area contributed by atoms with Crippen LogP contribution in [0.5, 0.6) is 0 Å². The average molecular weight is 262 g/mol. The Hall–Kier alpha value is -1.65. The highest BCUT2D eigenvalue weighted by molar-refractivity contribution is 5.83. The molecule has 0 aliphatic heterocycles. The van der Waals surface area contributed by atoms with Crippen molar-refractivity contribution in [3.05, 3.63) is 45.3 Å². The standard InChI is InChI=1S/C15H19NO3/c1-10-6-11(2)15-13(7-10)12(8-14(18)19-15)9-16(3)4-5-17/h6-8,17H,4-5,9H2,1-3H3/p+1. The highest BCUT2D eigenvalue weighted by Gasteiger charge is 2.12. The highest BCUT2D eigenvalue weighted by Crippen LogP contribution is 2.22. The number of benzene rings is 1. The van der Waals surface area contributed by atoms with Gasteiger partial charge in [0, 0.05) is 17.0 Å². The SMILES string of the molecule is Cc1cc(C)c2oc(=O)cc(C[NH+](C)CCO)c2c1. The van der Waals surface area contributed by atoms with Crippen LogP contribution in [0.4, 0.5) is 0 Å². The molecular formula is C15H20NO3+. The molecule has 1 heterocycles. The molecule has 1 aromatic carbocycles. The van der Waals surface area contributed by atoms with E-state index in [1.165, 1.54) is 0 Å². The van der Waals surface area contributed by atoms with Gasteiger partial charge in [-0.1, -0.05) is 6.07 Å². The van der Waals surface area contributed by atoms with E-state index in [2.05, 4.69) is 0 Å². The molecule has 2 rings (SSSR count). The predicted octanol–water partition coefficient (Wildman–Crippen LogP) is 0.417. The van der Waals surface area contributed by atoms with E-state index in [1.807, 2.05) is 33.0 Å². The largest absolute Gasteiger partial charge is 0.422 e. The van der Waals surface area contributed by atoms with Gasteiger partial charge in [-0.2, -0.15) is 0 Å². The number of aliphatic hydroxyl groups excluding tert-OH is 1. The van der Waals surface area contributed by atoms with Crippen molar-refractivity contribution in [2.24, 2.45) is 0 Å². The van der Waals surface area contributed by atoms with Gasteiger partial charge in [-0.25, -0.2) is 4.79 Å². The quantitative estimate of drug-likeness (QED) is 0.785. The molecule has 0 amide bonds. The molecule has 2 N–H and O–H groups in total. The van der Waals surface area contributed by atoms with Crippen molar-refractivity contribution in [2.75, 3.05) is 20.2 Å². The molecule has 0 aliphatic carbocycles. The first-order chi connectivity index (χ1) is 9.01. The summed E-state index contributed by atoms with van der Waals surface area (Å²) in [4.78, 5) is 12.8. The molecule has 0 saturated heterocycles. The zero-order valence-electron chi connectivity index (χ0n) is 11.6. The maximum absolute atomic E-state index is 11.7. The number of rotatable bonds is 4. The lowest BCUT2D eigenvalue weighted by Gasteiger charge is -2.14. The van der Waals surface area contributed by atoms with Crippen molar-refractivity contribution in [3.63, 3.8) is 0 Å². The molecular weight excluding hydrogens is 242 g/mol. The van der Waals surface area contributed by atoms with Crippen LogP contribution in [0.1, 0.15) is 16.7 Å². The second-order valence-electron chi connectivity index (χ2n) is 5.16. The number of aliphatic hydroxyl groups is 1. The van der Waals surface area contributed by atoms with Crippen molar-refractivity contribution >= 4 is 11.0 Å². The average Bonchev–Trinajstić information content (AvgIpc) is 2.31. The Kier molecular flexibility index (Phi) is 4.02. The minimum atomic E-state index is -0.314. The molecule has 0 aliphatic rings. The van der Waals surface area contributed by atoms with E-state index in [1.54, 1.807) is 6.07 Å². The van der Waals surface area contributed by atoms with Crippen LogP contribution in [0.15, 0.2) is 27.4 Å². The maximum atomic E-state index is 11.7. The van der Waals surface area contributed by atoms with Crippen molar-refractivity contribution < 1.29 is 14.4 Å². The molecule has 0 bridgehead atoms. The highest BCUT2D eigenvalue weighted by atomic mass is 16.4. The molecule has 0 spiro atoms. The van der Waals surface area contributed by atoms with Gasteiger partial charge in [0.25, 0.3) is 0 Å². The first-order valence-corrected chi connectivity index (χ1v) is 6.47. The Morgan fingerprint density at radius 2 is 2.00 bits per heavy atom. The lowest BCUT2D eigenvalue weighted by Crippen LogP contribution is -3.08. The summed E-state index contributed by atoms with van der Waals surface area (Å²) < 4.78 is 5.32. The smallest absolute Gasteiger partial charge is 0.336 e. The number of fused-ring (bicyclic) bond motifs is 1. The van der Waals surface area contributed by atoms with Gasteiger partial charge in [-0.15, -0.1) is 0 Å². The minimum Gasteiger partial charge on any atom is -0.422 e. The third-order valence-electron chi connectivity index (χ3n) is 3.29. The van der Waals surface area contributed by atoms with E-state index < -0.39 is 0 Å². The van der Waals surface area contributed by atoms with Crippen LogP contribution < -0.4 is 10.5 Å². The zero-order chi connectivity index (χ0) is 14.0. The van der Waals surface area contributed by atoms with Crippen molar-refractivity contribution in [2.45, 2.75) is 20.4 Å². The summed E-state index contributed by atoms with van der Waals surface area (Å²) >= 11 is 0. The number of nitrogens with one attached hydrogen (secondary N) is 1. The number of aryl methyl sites for hydroxylation is 2. The summed E-state index contributed by atoms with van der Waals surface area (Å²) in [6, 6.07) is 5.62. The molecule has 4 nitrogen and oxygen atoms in total. The van der Waals surface area contributed by atoms with Gasteiger partial charge in [-0.3, -0.25) is 0 Å². The van der Waals surface area contributed by atoms with Gasteiger partial charge >= 0.3 is 5.63 Å². The van der Waals surface area contributed by atoms with E-state index in [4.69, 9.17) is 9.52 Å². The fourth-order valence-electron chi connectivity index (χ4n) is 2.43. The molecule has 4 heteroatoms. The summed E-state index contributed by atoms with van der Waals surface area (Å²) in [5, 5.41) is 9.96. The van der Waals surface area contributed by atoms with Crippen LogP contribution in [-0.2, 0) is 6.54 Å². The topological polar surface area (TPSA) is 54.9 Å². The van der Waals surface area contributed by atoms with Crippen LogP contribution >= 0.6 is 0 Å². The third-order valence-corrected chi connectivity index (χ3v) is 3.29. The molecule has 0 saturated carbocycles. The van der Waals surface area contributed by atoms with Crippen molar-refractivity contribution in [1.29, 1.82) is 0 Å². The normalized spacial score (nSPS) is 12.8. The van der Waals surface area contributed by atoms with Crippen molar-refractivity contribution in [1.82, 2.24) is 0 Å². The van der Waals surface area contributed by atoms with Crippen LogP contribution in [0.2, 0.25) is 0 Å². The Labute approximate surface area is 112 Å². The van der Waals surface area contributed by atoms with Gasteiger partial charge in [0.2, 0.25) is 0 Å². The molecule has 19 heavy (non-hydrogen) atoms. The van der Waals surface area contributed by atoms with Gasteiger partial charge in [0.05, 0.1) is 13.7 Å². The van der Waals surface area contributed by atoms with Crippen molar-refractivity contribution in [3.8, 4) is 0 Å². The van der Waals surface area contributed by atoms with E-state index in [0.717, 1.165) is 27.0 Å². The predicted molar refractivity (Wildman–Crippen MR) is 74.5 cm³/mol. The van der Waals surface area contributed by atoms with E-state index >= 15 is 0 Å². The summed E-state index contributed by atoms with van der Waals surface area (Å²) in [6.45, 7) is 5.49. The molecule has 1 aromatic heterocycles. The van der Waals surface area contributed by atoms with Gasteiger partial charge in [0.15, 0.2) is 0 Å². The molecule has 1 atom stereocenters. The second kappa shape index (κ2) is 5.55. The molecule has 2 aromatic rings. The number of quaternary nitrogens is 1. The van der Waals surface area contributed by atoms with E-state index in [0.29, 0.717) is 18.7 Å².